The molecule has 0 fully saturated rings. The summed E-state index contributed by atoms with van der Waals surface area (Å²) in [5, 5.41) is 10.6. The van der Waals surface area contributed by atoms with Crippen LogP contribution in [0, 0.1) is 11.8 Å². The summed E-state index contributed by atoms with van der Waals surface area (Å²) in [6, 6.07) is 0. The molecule has 101 heavy (non-hydrogen) atoms. The van der Waals surface area contributed by atoms with E-state index in [2.05, 4.69) is 41.5 Å². The van der Waals surface area contributed by atoms with E-state index in [9.17, 15) is 43.2 Å². The molecule has 0 saturated carbocycles. The summed E-state index contributed by atoms with van der Waals surface area (Å²) in [4.78, 5) is 73.0. The molecule has 19 heteroatoms. The molecule has 0 aromatic rings. The fraction of sp³-hybridized carbons (Fsp3) is 0.951. The minimum absolute atomic E-state index is 0.106. The number of aliphatic hydroxyl groups excluding tert-OH is 1. The molecule has 17 nitrogen and oxygen atoms in total. The van der Waals surface area contributed by atoms with Crippen LogP contribution in [-0.4, -0.2) is 96.7 Å². The zero-order valence-corrected chi connectivity index (χ0v) is 68.0. The summed E-state index contributed by atoms with van der Waals surface area (Å²) >= 11 is 0. The lowest BCUT2D eigenvalue weighted by atomic mass is 9.99. The molecule has 0 amide bonds. The van der Waals surface area contributed by atoms with Crippen molar-refractivity contribution in [1.82, 2.24) is 0 Å². The lowest BCUT2D eigenvalue weighted by molar-refractivity contribution is -0.161. The quantitative estimate of drug-likeness (QED) is 0.0222. The predicted molar refractivity (Wildman–Crippen MR) is 414 cm³/mol. The summed E-state index contributed by atoms with van der Waals surface area (Å²) in [6.45, 7) is 9.67. The topological polar surface area (TPSA) is 237 Å². The molecule has 3 unspecified atom stereocenters. The van der Waals surface area contributed by atoms with Crippen LogP contribution in [0.5, 0.6) is 0 Å². The van der Waals surface area contributed by atoms with Crippen LogP contribution >= 0.6 is 15.6 Å². The standard InChI is InChI=1S/C82H160O17P2/c1-7-10-12-14-16-18-19-20-21-22-23-24-25-30-33-36-42-48-54-60-66-81(86)99-78(71-93-80(85)65-59-53-47-41-35-32-29-27-26-28-31-34-39-44-50-56-62-74(4)5)73-97-101(90,91)95-69-76(83)68-94-100(88,89)96-72-77(70-92-79(84)64-58-52-46-17-15-13-11-8-2)98-82(87)67-61-55-49-43-38-37-40-45-51-57-63-75(6)9-3/h74-78,83H,7-73H2,1-6H3,(H,88,89)(H,90,91)/t75?,76-,77+,78+/m0/s1. The highest BCUT2D eigenvalue weighted by molar-refractivity contribution is 7.47. The van der Waals surface area contributed by atoms with Gasteiger partial charge in [0.05, 0.1) is 26.4 Å². The average Bonchev–Trinajstić information content (AvgIpc) is 0.969. The van der Waals surface area contributed by atoms with E-state index < -0.39 is 97.5 Å². The first kappa shape index (κ1) is 99.1. The molecule has 0 aliphatic rings. The SMILES string of the molecule is CCCCCCCCCCCCCCCCCCCCCCC(=O)O[C@H](COC(=O)CCCCCCCCCCCCCCCCCCC(C)C)COP(=O)(O)OC[C@@H](O)COP(=O)(O)OC[C@@H](COC(=O)CCCCCCCCCC)OC(=O)CCCCCCCCCCCCC(C)CC. The maximum absolute atomic E-state index is 13.1. The lowest BCUT2D eigenvalue weighted by Crippen LogP contribution is -2.30. The Hall–Kier alpha value is -1.94. The maximum Gasteiger partial charge on any atom is 0.472 e. The first-order valence-corrected chi connectivity index (χ1v) is 45.5. The number of phosphoric acid groups is 2. The van der Waals surface area contributed by atoms with Gasteiger partial charge in [-0.05, 0) is 37.5 Å². The van der Waals surface area contributed by atoms with Gasteiger partial charge >= 0.3 is 39.5 Å². The van der Waals surface area contributed by atoms with E-state index in [1.165, 1.54) is 244 Å². The highest BCUT2D eigenvalue weighted by atomic mass is 31.2. The van der Waals surface area contributed by atoms with Gasteiger partial charge in [-0.25, -0.2) is 9.13 Å². The Morgan fingerprint density at radius 2 is 0.505 bits per heavy atom. The molecule has 600 valence electrons. The van der Waals surface area contributed by atoms with Crippen molar-refractivity contribution in [2.75, 3.05) is 39.6 Å². The molecule has 0 saturated heterocycles. The molecule has 0 aromatic carbocycles. The van der Waals surface area contributed by atoms with Gasteiger partial charge < -0.3 is 33.8 Å². The molecule has 3 N–H and O–H groups in total. The van der Waals surface area contributed by atoms with E-state index in [-0.39, 0.29) is 25.7 Å². The minimum atomic E-state index is -4.96. The van der Waals surface area contributed by atoms with Crippen LogP contribution in [0.4, 0.5) is 0 Å². The number of hydrogen-bond acceptors (Lipinski definition) is 15. The molecule has 0 rings (SSSR count). The smallest absolute Gasteiger partial charge is 0.462 e. The zero-order chi connectivity index (χ0) is 74.2. The minimum Gasteiger partial charge on any atom is -0.462 e. The van der Waals surface area contributed by atoms with Crippen molar-refractivity contribution in [2.24, 2.45) is 11.8 Å². The summed E-state index contributed by atoms with van der Waals surface area (Å²) in [7, 11) is -9.92. The highest BCUT2D eigenvalue weighted by Gasteiger charge is 2.30. The van der Waals surface area contributed by atoms with E-state index in [4.69, 9.17) is 37.0 Å². The number of hydrogen-bond donors (Lipinski definition) is 3. The Labute approximate surface area is 619 Å². The van der Waals surface area contributed by atoms with Crippen LogP contribution in [-0.2, 0) is 65.4 Å². The number of rotatable bonds is 81. The maximum atomic E-state index is 13.1. The zero-order valence-electron chi connectivity index (χ0n) is 66.2. The molecule has 0 heterocycles. The second-order valence-electron chi connectivity index (χ2n) is 30.2. The fourth-order valence-electron chi connectivity index (χ4n) is 12.7. The van der Waals surface area contributed by atoms with Crippen molar-refractivity contribution in [1.29, 1.82) is 0 Å². The molecule has 0 bridgehead atoms. The van der Waals surface area contributed by atoms with Gasteiger partial charge in [-0.2, -0.15) is 0 Å². The van der Waals surface area contributed by atoms with Gasteiger partial charge in [0, 0.05) is 25.7 Å². The number of esters is 4. The largest absolute Gasteiger partial charge is 0.472 e. The van der Waals surface area contributed by atoms with Gasteiger partial charge in [0.25, 0.3) is 0 Å². The van der Waals surface area contributed by atoms with Crippen molar-refractivity contribution in [3.63, 3.8) is 0 Å². The molecule has 0 aliphatic carbocycles. The van der Waals surface area contributed by atoms with Crippen molar-refractivity contribution < 1.29 is 80.2 Å². The lowest BCUT2D eigenvalue weighted by Gasteiger charge is -2.21. The molecule has 0 aliphatic heterocycles. The third-order valence-corrected chi connectivity index (χ3v) is 21.5. The predicted octanol–water partition coefficient (Wildman–Crippen LogP) is 24.7. The van der Waals surface area contributed by atoms with Crippen LogP contribution < -0.4 is 0 Å². The summed E-state index contributed by atoms with van der Waals surface area (Å²) < 4.78 is 68.7. The molecule has 0 radical (unpaired) electrons. The molecule has 6 atom stereocenters. The van der Waals surface area contributed by atoms with Crippen LogP contribution in [0.15, 0.2) is 0 Å². The van der Waals surface area contributed by atoms with Gasteiger partial charge in [0.2, 0.25) is 0 Å². The normalized spacial score (nSPS) is 14.2. The fourth-order valence-corrected chi connectivity index (χ4v) is 14.3. The first-order valence-electron chi connectivity index (χ1n) is 42.5. The van der Waals surface area contributed by atoms with Gasteiger partial charge in [0.15, 0.2) is 12.2 Å². The Morgan fingerprint density at radius 3 is 0.752 bits per heavy atom. The van der Waals surface area contributed by atoms with Crippen molar-refractivity contribution >= 4 is 39.5 Å². The Kier molecular flexibility index (Phi) is 72.2. The van der Waals surface area contributed by atoms with Gasteiger partial charge in [-0.1, -0.05) is 382 Å². The van der Waals surface area contributed by atoms with E-state index in [1.807, 2.05) is 0 Å². The second-order valence-corrected chi connectivity index (χ2v) is 33.1. The highest BCUT2D eigenvalue weighted by Crippen LogP contribution is 2.45. The molecular weight excluding hydrogens is 1320 g/mol. The van der Waals surface area contributed by atoms with Crippen molar-refractivity contribution in [3.05, 3.63) is 0 Å². The third kappa shape index (κ3) is 74.7. The first-order chi connectivity index (χ1) is 48.9. The summed E-state index contributed by atoms with van der Waals surface area (Å²) in [5.41, 5.74) is 0. The Balaban J connectivity index is 5.20. The van der Waals surface area contributed by atoms with Gasteiger partial charge in [-0.15, -0.1) is 0 Å². The van der Waals surface area contributed by atoms with Crippen LogP contribution in [0.2, 0.25) is 0 Å². The monoisotopic (exact) mass is 1480 g/mol. The van der Waals surface area contributed by atoms with Crippen molar-refractivity contribution in [2.45, 2.75) is 452 Å². The summed E-state index contributed by atoms with van der Waals surface area (Å²) in [6.07, 6.45) is 63.9. The van der Waals surface area contributed by atoms with E-state index >= 15 is 0 Å². The third-order valence-electron chi connectivity index (χ3n) is 19.6. The Bertz CT molecular complexity index is 1940. The second kappa shape index (κ2) is 73.6. The number of aliphatic hydroxyl groups is 1. The number of ether oxygens (including phenoxy) is 4. The molecular formula is C82H160O17P2. The molecule has 0 spiro atoms. The number of phosphoric ester groups is 2. The van der Waals surface area contributed by atoms with Crippen LogP contribution in [0.3, 0.4) is 0 Å². The average molecular weight is 1480 g/mol. The van der Waals surface area contributed by atoms with E-state index in [1.54, 1.807) is 0 Å². The van der Waals surface area contributed by atoms with E-state index in [0.717, 1.165) is 108 Å². The molecule has 0 aromatic heterocycles. The van der Waals surface area contributed by atoms with Gasteiger partial charge in [-0.3, -0.25) is 37.3 Å². The van der Waals surface area contributed by atoms with Crippen molar-refractivity contribution in [3.8, 4) is 0 Å². The van der Waals surface area contributed by atoms with Gasteiger partial charge in [0.1, 0.15) is 19.3 Å². The number of carbonyl (C=O) groups is 4. The van der Waals surface area contributed by atoms with E-state index in [0.29, 0.717) is 25.7 Å². The van der Waals surface area contributed by atoms with Crippen LogP contribution in [0.25, 0.3) is 0 Å². The van der Waals surface area contributed by atoms with Crippen LogP contribution in [0.1, 0.15) is 433 Å². The number of unbranched alkanes of at least 4 members (excludes halogenated alkanes) is 50. The number of carbonyl (C=O) groups excluding carboxylic acids is 4. The Morgan fingerprint density at radius 1 is 0.287 bits per heavy atom. The summed E-state index contributed by atoms with van der Waals surface area (Å²) in [5.74, 6) is -0.495.